The van der Waals surface area contributed by atoms with Crippen molar-refractivity contribution in [3.8, 4) is 0 Å². The maximum absolute atomic E-state index is 5.01. The van der Waals surface area contributed by atoms with Crippen LogP contribution in [0, 0.1) is 0 Å². The summed E-state index contributed by atoms with van der Waals surface area (Å²) in [5, 5.41) is 2.26. The molecule has 0 saturated carbocycles. The van der Waals surface area contributed by atoms with Crippen LogP contribution in [-0.4, -0.2) is 12.1 Å². The summed E-state index contributed by atoms with van der Waals surface area (Å²) in [6, 6.07) is 0. The summed E-state index contributed by atoms with van der Waals surface area (Å²) in [4.78, 5) is 0. The molecule has 0 fully saturated rings. The minimum atomic E-state index is 0. The molecule has 4 heteroatoms. The Labute approximate surface area is 50.3 Å². The van der Waals surface area contributed by atoms with Gasteiger partial charge in [0.15, 0.2) is 0 Å². The van der Waals surface area contributed by atoms with Crippen molar-refractivity contribution in [2.75, 3.05) is 0 Å². The predicted molar refractivity (Wildman–Crippen MR) is 24.8 cm³/mol. The number of hydrogen-bond acceptors (Lipinski definition) is 2. The van der Waals surface area contributed by atoms with Gasteiger partial charge in [0.25, 0.3) is 0 Å². The van der Waals surface area contributed by atoms with Crippen molar-refractivity contribution in [2.24, 2.45) is 5.73 Å². The van der Waals surface area contributed by atoms with Crippen LogP contribution in [0.15, 0.2) is 0 Å². The molecule has 0 atom stereocenters. The minimum absolute atomic E-state index is 0. The zero-order valence-electron chi connectivity index (χ0n) is 2.56. The first-order chi connectivity index (χ1) is 2.27. The van der Waals surface area contributed by atoms with Crippen LogP contribution < -0.4 is 11.0 Å². The Morgan fingerprint density at radius 3 is 2.00 bits per heavy atom. The molecule has 0 saturated heterocycles. The van der Waals surface area contributed by atoms with E-state index >= 15 is 0 Å². The number of nitrogens with two attached hydrogens (primary N) is 1. The second kappa shape index (κ2) is 5.54. The molecule has 0 aliphatic rings. The van der Waals surface area contributed by atoms with E-state index in [2.05, 4.69) is 5.23 Å². The Balaban J connectivity index is 0. The second-order valence-corrected chi connectivity index (χ2v) is 2.09. The molecule has 0 aromatic carbocycles. The number of nitrogens with one attached hydrogen (secondary N) is 1. The number of rotatable bonds is 1. The van der Waals surface area contributed by atoms with Crippen molar-refractivity contribution in [3.05, 3.63) is 0 Å². The molecule has 2 nitrogen and oxygen atoms in total. The molecular formula is C2H7BN2W. The van der Waals surface area contributed by atoms with Gasteiger partial charge in [-0.3, -0.25) is 0 Å². The van der Waals surface area contributed by atoms with Crippen LogP contribution in [0.2, 0.25) is 0 Å². The van der Waals surface area contributed by atoms with Crippen LogP contribution in [0.5, 0.6) is 0 Å². The zero-order valence-corrected chi connectivity index (χ0v) is 5.50. The zero-order chi connectivity index (χ0) is 4.28. The average molecular weight is 254 g/mol. The molecule has 6 heavy (non-hydrogen) atoms. The van der Waals surface area contributed by atoms with E-state index in [1.807, 2.05) is 0 Å². The van der Waals surface area contributed by atoms with Gasteiger partial charge >= 0.3 is 42.4 Å². The van der Waals surface area contributed by atoms with E-state index in [9.17, 15) is 0 Å². The normalized spacial score (nSPS) is 6.17. The fraction of sp³-hybridized carbons (Fsp3) is 0.500. The molecule has 0 aromatic heterocycles. The SMILES string of the molecule is C.[B]N[C](N)=[W]. The van der Waals surface area contributed by atoms with Crippen molar-refractivity contribution in [2.45, 2.75) is 7.43 Å². The third-order valence-electron chi connectivity index (χ3n) is 0.142. The van der Waals surface area contributed by atoms with Gasteiger partial charge in [0.1, 0.15) is 0 Å². The molecule has 0 aliphatic heterocycles. The molecule has 2 radical (unpaired) electrons. The molecule has 0 amide bonds. The van der Waals surface area contributed by atoms with E-state index in [-0.39, 0.29) is 7.43 Å². The Morgan fingerprint density at radius 1 is 1.83 bits per heavy atom. The fourth-order valence-electron chi connectivity index (χ4n) is 0. The Kier molecular flexibility index (Phi) is 9.00. The first kappa shape index (κ1) is 9.74. The van der Waals surface area contributed by atoms with Crippen LogP contribution in [0.3, 0.4) is 0 Å². The molecule has 0 aromatic rings. The van der Waals surface area contributed by atoms with E-state index in [0.717, 1.165) is 0 Å². The summed E-state index contributed by atoms with van der Waals surface area (Å²) >= 11 is 1.17. The van der Waals surface area contributed by atoms with E-state index < -0.39 is 0 Å². The van der Waals surface area contributed by atoms with Crippen molar-refractivity contribution in [3.63, 3.8) is 0 Å². The number of hydrogen-bond donors (Lipinski definition) is 2. The average Bonchev–Trinajstić information content (AvgIpc) is 1.38. The van der Waals surface area contributed by atoms with Gasteiger partial charge in [-0.2, -0.15) is 0 Å². The standard InChI is InChI=1S/CH3BN2.CH4.W/c2-4-1-3;;/h4H,3H2;1H4;. The van der Waals surface area contributed by atoms with Gasteiger partial charge in [-0.15, -0.1) is 0 Å². The fourth-order valence-corrected chi connectivity index (χ4v) is 0. The van der Waals surface area contributed by atoms with E-state index in [1.54, 1.807) is 0 Å². The van der Waals surface area contributed by atoms with Gasteiger partial charge < -0.3 is 0 Å². The molecule has 34 valence electrons. The monoisotopic (exact) mass is 254 g/mol. The van der Waals surface area contributed by atoms with Gasteiger partial charge in [-0.1, -0.05) is 7.43 Å². The summed E-state index contributed by atoms with van der Waals surface area (Å²) in [5.41, 5.74) is 5.01. The summed E-state index contributed by atoms with van der Waals surface area (Å²) in [7, 11) is 4.78. The van der Waals surface area contributed by atoms with Crippen LogP contribution in [0.1, 0.15) is 7.43 Å². The summed E-state index contributed by atoms with van der Waals surface area (Å²) < 4.78 is 0.616. The quantitative estimate of drug-likeness (QED) is 0.582. The first-order valence-electron chi connectivity index (χ1n) is 1.03. The van der Waals surface area contributed by atoms with Crippen LogP contribution in [0.4, 0.5) is 0 Å². The molecule has 3 N–H and O–H groups in total. The van der Waals surface area contributed by atoms with Crippen LogP contribution >= 0.6 is 0 Å². The van der Waals surface area contributed by atoms with Gasteiger partial charge in [0.2, 0.25) is 0 Å². The molecule has 0 aliphatic carbocycles. The van der Waals surface area contributed by atoms with E-state index in [4.69, 9.17) is 13.7 Å². The van der Waals surface area contributed by atoms with Gasteiger partial charge in [-0.05, 0) is 0 Å². The van der Waals surface area contributed by atoms with Crippen molar-refractivity contribution in [1.29, 1.82) is 0 Å². The van der Waals surface area contributed by atoms with E-state index in [0.29, 0.717) is 4.15 Å². The third-order valence-corrected chi connectivity index (χ3v) is 0.566. The molecule has 0 heterocycles. The van der Waals surface area contributed by atoms with Gasteiger partial charge in [-0.25, -0.2) is 0 Å². The summed E-state index contributed by atoms with van der Waals surface area (Å²) in [6.45, 7) is 0. The van der Waals surface area contributed by atoms with Crippen LogP contribution in [-0.2, 0) is 19.4 Å². The van der Waals surface area contributed by atoms with Gasteiger partial charge in [0, 0.05) is 0 Å². The third kappa shape index (κ3) is 8.82. The Hall–Kier alpha value is 0.543. The molecular weight excluding hydrogens is 247 g/mol. The Bertz CT molecular complexity index is 46.8. The first-order valence-corrected chi connectivity index (χ1v) is 2.50. The maximum atomic E-state index is 5.01. The van der Waals surface area contributed by atoms with Crippen molar-refractivity contribution in [1.82, 2.24) is 5.23 Å². The molecule has 0 spiro atoms. The van der Waals surface area contributed by atoms with Crippen LogP contribution in [0.25, 0.3) is 0 Å². The predicted octanol–water partition coefficient (Wildman–Crippen LogP) is -1.11. The Morgan fingerprint density at radius 2 is 2.00 bits per heavy atom. The molecule has 0 bridgehead atoms. The van der Waals surface area contributed by atoms with Crippen molar-refractivity contribution >= 4 is 12.1 Å². The van der Waals surface area contributed by atoms with Gasteiger partial charge in [0.05, 0.1) is 0 Å². The molecule has 0 rings (SSSR count). The van der Waals surface area contributed by atoms with E-state index in [1.165, 1.54) is 19.4 Å². The topological polar surface area (TPSA) is 38.0 Å². The van der Waals surface area contributed by atoms with Crippen molar-refractivity contribution < 1.29 is 19.4 Å². The summed E-state index contributed by atoms with van der Waals surface area (Å²) in [5.74, 6) is 0. The summed E-state index contributed by atoms with van der Waals surface area (Å²) in [6.07, 6.45) is 0. The second-order valence-electron chi connectivity index (χ2n) is 0.509. The molecule has 0 unspecified atom stereocenters.